The molecule has 1 aromatic rings. The van der Waals surface area contributed by atoms with E-state index >= 15 is 0 Å². The van der Waals surface area contributed by atoms with Gasteiger partial charge in [0.1, 0.15) is 0 Å². The molecule has 1 N–H and O–H groups in total. The van der Waals surface area contributed by atoms with E-state index in [0.29, 0.717) is 6.04 Å². The summed E-state index contributed by atoms with van der Waals surface area (Å²) < 4.78 is 2.20. The molecule has 1 heterocycles. The molecule has 0 fully saturated rings. The largest absolute Gasteiger partial charge is 0.353 e. The molecule has 20 heavy (non-hydrogen) atoms. The molecule has 0 spiro atoms. The predicted octanol–water partition coefficient (Wildman–Crippen LogP) is 3.94. The zero-order valence-corrected chi connectivity index (χ0v) is 11.8. The lowest BCUT2D eigenvalue weighted by Crippen LogP contribution is -2.22. The van der Waals surface area contributed by atoms with Crippen molar-refractivity contribution >= 4 is 0 Å². The van der Waals surface area contributed by atoms with Gasteiger partial charge in [0.2, 0.25) is 0 Å². The van der Waals surface area contributed by atoms with Crippen LogP contribution in [0.4, 0.5) is 0 Å². The molecule has 0 aliphatic heterocycles. The lowest BCUT2D eigenvalue weighted by atomic mass is 10.0. The summed E-state index contributed by atoms with van der Waals surface area (Å²) in [6.07, 6.45) is 4.20. The monoisotopic (exact) mass is 264 g/mol. The molecular weight excluding hydrogens is 244 g/mol. The molecule has 1 aromatic heterocycles. The summed E-state index contributed by atoms with van der Waals surface area (Å²) in [5, 5.41) is 3.60. The van der Waals surface area contributed by atoms with Crippen LogP contribution in [0.3, 0.4) is 0 Å². The van der Waals surface area contributed by atoms with Crippen molar-refractivity contribution in [2.45, 2.75) is 19.5 Å². The van der Waals surface area contributed by atoms with Gasteiger partial charge < -0.3 is 9.88 Å². The van der Waals surface area contributed by atoms with E-state index in [2.05, 4.69) is 83.8 Å². The van der Waals surface area contributed by atoms with Crippen LogP contribution in [0.25, 0.3) is 11.1 Å². The quantitative estimate of drug-likeness (QED) is 0.738. The first-order valence-electron chi connectivity index (χ1n) is 7.16. The minimum Gasteiger partial charge on any atom is -0.353 e. The van der Waals surface area contributed by atoms with Crippen molar-refractivity contribution in [1.29, 1.82) is 0 Å². The van der Waals surface area contributed by atoms with E-state index in [1.54, 1.807) is 0 Å². The van der Waals surface area contributed by atoms with Gasteiger partial charge in [-0.15, -0.1) is 0 Å². The second kappa shape index (κ2) is 5.93. The molecule has 0 radical (unpaired) electrons. The van der Waals surface area contributed by atoms with Crippen LogP contribution in [0.1, 0.15) is 18.5 Å². The highest BCUT2D eigenvalue weighted by molar-refractivity contribution is 5.70. The zero-order valence-electron chi connectivity index (χ0n) is 11.8. The standard InChI is InChI=1S/C18H20N2/c1-15(19-11-14-20-12-5-6-13-20)17-10-9-16-7-3-2-4-8-18(16)17/h2-10,12-13,15,19H,11,14H2,1H3. The average molecular weight is 264 g/mol. The van der Waals surface area contributed by atoms with Crippen molar-refractivity contribution in [3.63, 3.8) is 0 Å². The molecule has 0 saturated heterocycles. The number of aromatic nitrogens is 1. The van der Waals surface area contributed by atoms with E-state index in [4.69, 9.17) is 0 Å². The van der Waals surface area contributed by atoms with Gasteiger partial charge in [-0.2, -0.15) is 0 Å². The van der Waals surface area contributed by atoms with Gasteiger partial charge in [0.15, 0.2) is 0 Å². The number of hydrogen-bond donors (Lipinski definition) is 1. The molecule has 1 unspecified atom stereocenters. The molecule has 102 valence electrons. The third kappa shape index (κ3) is 2.75. The Morgan fingerprint density at radius 1 is 0.950 bits per heavy atom. The number of fused-ring (bicyclic) bond motifs is 1. The van der Waals surface area contributed by atoms with Crippen LogP contribution in [-0.4, -0.2) is 11.1 Å². The number of nitrogens with zero attached hydrogens (tertiary/aromatic N) is 1. The Labute approximate surface area is 120 Å². The van der Waals surface area contributed by atoms with E-state index in [1.807, 2.05) is 0 Å². The third-order valence-corrected chi connectivity index (χ3v) is 3.78. The van der Waals surface area contributed by atoms with Crippen molar-refractivity contribution in [3.05, 3.63) is 72.6 Å². The smallest absolute Gasteiger partial charge is 0.0345 e. The molecule has 0 amide bonds. The molecule has 1 atom stereocenters. The fourth-order valence-electron chi connectivity index (χ4n) is 2.66. The molecule has 0 saturated carbocycles. The highest BCUT2D eigenvalue weighted by Gasteiger charge is 2.13. The first-order chi connectivity index (χ1) is 9.84. The SMILES string of the molecule is CC(NCCn1cccc1)c1ccc2cccccc1-2. The van der Waals surface area contributed by atoms with Crippen molar-refractivity contribution in [1.82, 2.24) is 9.88 Å². The molecule has 2 aliphatic carbocycles. The first kappa shape index (κ1) is 12.9. The van der Waals surface area contributed by atoms with Crippen LogP contribution in [0.2, 0.25) is 0 Å². The van der Waals surface area contributed by atoms with Crippen molar-refractivity contribution < 1.29 is 0 Å². The van der Waals surface area contributed by atoms with Gasteiger partial charge in [0, 0.05) is 31.5 Å². The van der Waals surface area contributed by atoms with Gasteiger partial charge in [-0.3, -0.25) is 0 Å². The minimum absolute atomic E-state index is 0.366. The Morgan fingerprint density at radius 3 is 2.60 bits per heavy atom. The van der Waals surface area contributed by atoms with Gasteiger partial charge in [-0.1, -0.05) is 42.5 Å². The summed E-state index contributed by atoms with van der Waals surface area (Å²) in [6.45, 7) is 4.21. The minimum atomic E-state index is 0.366. The maximum absolute atomic E-state index is 3.60. The molecule has 2 aliphatic rings. The number of hydrogen-bond acceptors (Lipinski definition) is 1. The molecule has 2 nitrogen and oxygen atoms in total. The molecule has 3 rings (SSSR count). The first-order valence-corrected chi connectivity index (χ1v) is 7.16. The van der Waals surface area contributed by atoms with E-state index in [1.165, 1.54) is 16.7 Å². The van der Waals surface area contributed by atoms with Gasteiger partial charge in [0.25, 0.3) is 0 Å². The van der Waals surface area contributed by atoms with Crippen LogP contribution in [-0.2, 0) is 6.54 Å². The summed E-state index contributed by atoms with van der Waals surface area (Å²) in [7, 11) is 0. The fraction of sp³-hybridized carbons (Fsp3) is 0.222. The van der Waals surface area contributed by atoms with Crippen molar-refractivity contribution in [3.8, 4) is 11.1 Å². The Morgan fingerprint density at radius 2 is 1.75 bits per heavy atom. The van der Waals surface area contributed by atoms with Gasteiger partial charge in [-0.25, -0.2) is 0 Å². The lowest BCUT2D eigenvalue weighted by Gasteiger charge is -2.15. The van der Waals surface area contributed by atoms with Crippen LogP contribution >= 0.6 is 0 Å². The highest BCUT2D eigenvalue weighted by atomic mass is 15.0. The van der Waals surface area contributed by atoms with Crippen LogP contribution < -0.4 is 5.32 Å². The Kier molecular flexibility index (Phi) is 3.84. The number of rotatable bonds is 5. The van der Waals surface area contributed by atoms with Gasteiger partial charge in [0.05, 0.1) is 0 Å². The summed E-state index contributed by atoms with van der Waals surface area (Å²) in [5.41, 5.74) is 4.03. The van der Waals surface area contributed by atoms with Gasteiger partial charge in [-0.05, 0) is 35.7 Å². The zero-order chi connectivity index (χ0) is 13.8. The second-order valence-electron chi connectivity index (χ2n) is 5.17. The Hall–Kier alpha value is -2.06. The van der Waals surface area contributed by atoms with Gasteiger partial charge >= 0.3 is 0 Å². The van der Waals surface area contributed by atoms with E-state index in [-0.39, 0.29) is 0 Å². The maximum Gasteiger partial charge on any atom is 0.0345 e. The topological polar surface area (TPSA) is 17.0 Å². The Balaban J connectivity index is 1.66. The van der Waals surface area contributed by atoms with Crippen LogP contribution in [0, 0.1) is 0 Å². The lowest BCUT2D eigenvalue weighted by molar-refractivity contribution is 0.533. The second-order valence-corrected chi connectivity index (χ2v) is 5.17. The number of nitrogens with one attached hydrogen (secondary N) is 1. The molecule has 0 bridgehead atoms. The van der Waals surface area contributed by atoms with E-state index in [9.17, 15) is 0 Å². The predicted molar refractivity (Wildman–Crippen MR) is 83.9 cm³/mol. The normalized spacial score (nSPS) is 12.7. The third-order valence-electron chi connectivity index (χ3n) is 3.78. The fourth-order valence-corrected chi connectivity index (χ4v) is 2.66. The molecule has 0 aromatic carbocycles. The Bertz CT molecular complexity index is 628. The van der Waals surface area contributed by atoms with E-state index < -0.39 is 0 Å². The maximum atomic E-state index is 3.60. The van der Waals surface area contributed by atoms with Crippen molar-refractivity contribution in [2.24, 2.45) is 0 Å². The molecular formula is C18H20N2. The van der Waals surface area contributed by atoms with E-state index in [0.717, 1.165) is 13.1 Å². The molecule has 2 heteroatoms. The summed E-state index contributed by atoms with van der Waals surface area (Å²) in [5.74, 6) is 0. The average Bonchev–Trinajstić information content (AvgIpc) is 3.04. The highest BCUT2D eigenvalue weighted by Crippen LogP contribution is 2.30. The summed E-state index contributed by atoms with van der Waals surface area (Å²) >= 11 is 0. The summed E-state index contributed by atoms with van der Waals surface area (Å²) in [6, 6.07) is 19.6. The summed E-state index contributed by atoms with van der Waals surface area (Å²) in [4.78, 5) is 0. The van der Waals surface area contributed by atoms with Crippen molar-refractivity contribution in [2.75, 3.05) is 6.54 Å². The van der Waals surface area contributed by atoms with Crippen LogP contribution in [0.15, 0.2) is 67.0 Å². The van der Waals surface area contributed by atoms with Crippen LogP contribution in [0.5, 0.6) is 0 Å².